The van der Waals surface area contributed by atoms with Crippen molar-refractivity contribution in [3.8, 4) is 0 Å². The van der Waals surface area contributed by atoms with E-state index in [0.29, 0.717) is 22.9 Å². The Hall–Kier alpha value is -2.35. The number of rotatable bonds is 3. The SMILES string of the molecule is [C-]#[N+]c1cc(C)n2ccc(C(=O)NC(C)(C)C3CC3)c2n1. The van der Waals surface area contributed by atoms with E-state index in [1.165, 1.54) is 12.8 Å². The summed E-state index contributed by atoms with van der Waals surface area (Å²) in [7, 11) is 0. The number of carbonyl (C=O) groups excluding carboxylic acids is 1. The molecule has 0 spiro atoms. The van der Waals surface area contributed by atoms with E-state index >= 15 is 0 Å². The molecule has 1 amide bonds. The number of aromatic nitrogens is 2. The van der Waals surface area contributed by atoms with Gasteiger partial charge in [0.05, 0.1) is 0 Å². The van der Waals surface area contributed by atoms with Crippen molar-refractivity contribution in [3.63, 3.8) is 0 Å². The Labute approximate surface area is 123 Å². The summed E-state index contributed by atoms with van der Waals surface area (Å²) in [6.07, 6.45) is 4.16. The van der Waals surface area contributed by atoms with E-state index in [9.17, 15) is 4.79 Å². The zero-order chi connectivity index (χ0) is 15.2. The van der Waals surface area contributed by atoms with Crippen LogP contribution in [0.2, 0.25) is 0 Å². The number of nitrogens with zero attached hydrogens (tertiary/aromatic N) is 3. The molecule has 1 fully saturated rings. The maximum atomic E-state index is 12.5. The molecule has 2 heterocycles. The Morgan fingerprint density at radius 3 is 2.86 bits per heavy atom. The minimum absolute atomic E-state index is 0.122. The first-order chi connectivity index (χ1) is 9.92. The fourth-order valence-corrected chi connectivity index (χ4v) is 2.72. The van der Waals surface area contributed by atoms with Crippen molar-refractivity contribution in [2.45, 2.75) is 39.2 Å². The lowest BCUT2D eigenvalue weighted by molar-refractivity contribution is 0.0905. The molecule has 0 aliphatic heterocycles. The van der Waals surface area contributed by atoms with Crippen molar-refractivity contribution in [1.82, 2.24) is 14.7 Å². The maximum Gasteiger partial charge on any atom is 0.273 e. The topological polar surface area (TPSA) is 50.8 Å². The summed E-state index contributed by atoms with van der Waals surface area (Å²) in [4.78, 5) is 20.2. The van der Waals surface area contributed by atoms with Crippen LogP contribution in [0.3, 0.4) is 0 Å². The molecular formula is C16H18N4O. The summed E-state index contributed by atoms with van der Waals surface area (Å²) in [6, 6.07) is 3.48. The van der Waals surface area contributed by atoms with Gasteiger partial charge in [-0.2, -0.15) is 0 Å². The lowest BCUT2D eigenvalue weighted by Crippen LogP contribution is -2.45. The summed E-state index contributed by atoms with van der Waals surface area (Å²) >= 11 is 0. The quantitative estimate of drug-likeness (QED) is 0.879. The molecule has 0 radical (unpaired) electrons. The van der Waals surface area contributed by atoms with Crippen molar-refractivity contribution in [2.24, 2.45) is 5.92 Å². The standard InChI is InChI=1S/C16H18N4O/c1-10-9-13(17-4)18-14-12(7-8-20(10)14)15(21)19-16(2,3)11-5-6-11/h7-9,11H,5-6H2,1-3H3,(H,19,21). The second-order valence-corrected chi connectivity index (χ2v) is 6.24. The molecule has 0 bridgehead atoms. The first kappa shape index (κ1) is 13.6. The van der Waals surface area contributed by atoms with E-state index in [1.807, 2.05) is 17.5 Å². The Kier molecular flexibility index (Phi) is 2.98. The first-order valence-electron chi connectivity index (χ1n) is 7.11. The summed E-state index contributed by atoms with van der Waals surface area (Å²) in [5, 5.41) is 3.10. The molecule has 0 saturated heterocycles. The van der Waals surface area contributed by atoms with E-state index in [4.69, 9.17) is 6.57 Å². The van der Waals surface area contributed by atoms with Gasteiger partial charge in [-0.1, -0.05) is 6.57 Å². The van der Waals surface area contributed by atoms with Gasteiger partial charge < -0.3 is 10.2 Å². The van der Waals surface area contributed by atoms with Crippen molar-refractivity contribution in [2.75, 3.05) is 0 Å². The summed E-state index contributed by atoms with van der Waals surface area (Å²) in [6.45, 7) is 13.1. The molecule has 1 saturated carbocycles. The first-order valence-corrected chi connectivity index (χ1v) is 7.11. The van der Waals surface area contributed by atoms with Crippen LogP contribution in [0.25, 0.3) is 10.5 Å². The highest BCUT2D eigenvalue weighted by Crippen LogP contribution is 2.39. The van der Waals surface area contributed by atoms with Gasteiger partial charge in [-0.05, 0) is 51.7 Å². The second kappa shape index (κ2) is 4.59. The summed E-state index contributed by atoms with van der Waals surface area (Å²) in [5.41, 5.74) is 1.77. The van der Waals surface area contributed by atoms with Crippen LogP contribution in [0.1, 0.15) is 42.7 Å². The average molecular weight is 282 g/mol. The van der Waals surface area contributed by atoms with Crippen LogP contribution in [-0.2, 0) is 0 Å². The van der Waals surface area contributed by atoms with Crippen molar-refractivity contribution in [1.29, 1.82) is 0 Å². The Balaban J connectivity index is 1.98. The van der Waals surface area contributed by atoms with Crippen molar-refractivity contribution in [3.05, 3.63) is 41.0 Å². The number of hydrogen-bond acceptors (Lipinski definition) is 2. The fraction of sp³-hybridized carbons (Fsp3) is 0.438. The van der Waals surface area contributed by atoms with E-state index < -0.39 is 0 Å². The Bertz CT molecular complexity index is 762. The molecule has 0 aromatic carbocycles. The van der Waals surface area contributed by atoms with Crippen molar-refractivity contribution >= 4 is 17.4 Å². The molecule has 0 unspecified atom stereocenters. The zero-order valence-electron chi connectivity index (χ0n) is 12.5. The van der Waals surface area contributed by atoms with Crippen LogP contribution >= 0.6 is 0 Å². The third-order valence-corrected chi connectivity index (χ3v) is 4.19. The summed E-state index contributed by atoms with van der Waals surface area (Å²) in [5.74, 6) is 0.751. The van der Waals surface area contributed by atoms with E-state index in [2.05, 4.69) is 29.0 Å². The minimum atomic E-state index is -0.197. The highest BCUT2D eigenvalue weighted by Gasteiger charge is 2.39. The highest BCUT2D eigenvalue weighted by molar-refractivity contribution is 6.00. The number of fused-ring (bicyclic) bond motifs is 1. The number of hydrogen-bond donors (Lipinski definition) is 1. The molecule has 0 atom stereocenters. The van der Waals surface area contributed by atoms with Gasteiger partial charge in [0.2, 0.25) is 5.65 Å². The molecule has 5 heteroatoms. The fourth-order valence-electron chi connectivity index (χ4n) is 2.72. The molecule has 108 valence electrons. The smallest absolute Gasteiger partial charge is 0.273 e. The third-order valence-electron chi connectivity index (χ3n) is 4.19. The van der Waals surface area contributed by atoms with E-state index in [1.54, 1.807) is 12.1 Å². The molecule has 2 aromatic heterocycles. The van der Waals surface area contributed by atoms with Gasteiger partial charge in [-0.3, -0.25) is 9.20 Å². The normalized spacial score (nSPS) is 15.0. The number of carbonyl (C=O) groups is 1. The van der Waals surface area contributed by atoms with Crippen LogP contribution in [0, 0.1) is 19.4 Å². The largest absolute Gasteiger partial charge is 0.361 e. The highest BCUT2D eigenvalue weighted by atomic mass is 16.1. The van der Waals surface area contributed by atoms with Gasteiger partial charge in [0, 0.05) is 17.4 Å². The maximum absolute atomic E-state index is 12.5. The minimum Gasteiger partial charge on any atom is -0.361 e. The molecule has 21 heavy (non-hydrogen) atoms. The monoisotopic (exact) mass is 282 g/mol. The van der Waals surface area contributed by atoms with Crippen molar-refractivity contribution < 1.29 is 4.79 Å². The molecule has 1 aliphatic carbocycles. The average Bonchev–Trinajstić information content (AvgIpc) is 3.19. The second-order valence-electron chi connectivity index (χ2n) is 6.24. The Morgan fingerprint density at radius 1 is 1.52 bits per heavy atom. The molecular weight excluding hydrogens is 264 g/mol. The lowest BCUT2D eigenvalue weighted by atomic mass is 9.98. The van der Waals surface area contributed by atoms with Gasteiger partial charge in [0.15, 0.2) is 0 Å². The van der Waals surface area contributed by atoms with E-state index in [0.717, 1.165) is 5.69 Å². The van der Waals surface area contributed by atoms with Gasteiger partial charge in [0.1, 0.15) is 5.56 Å². The molecule has 1 N–H and O–H groups in total. The number of nitrogens with one attached hydrogen (secondary N) is 1. The molecule has 1 aliphatic rings. The molecule has 2 aromatic rings. The van der Waals surface area contributed by atoms with Crippen LogP contribution < -0.4 is 5.32 Å². The third kappa shape index (κ3) is 2.38. The number of aryl methyl sites for hydroxylation is 1. The lowest BCUT2D eigenvalue weighted by Gasteiger charge is -2.25. The van der Waals surface area contributed by atoms with Crippen LogP contribution in [0.4, 0.5) is 5.82 Å². The zero-order valence-corrected chi connectivity index (χ0v) is 12.5. The Morgan fingerprint density at radius 2 is 2.24 bits per heavy atom. The molecule has 5 nitrogen and oxygen atoms in total. The molecule has 3 rings (SSSR count). The number of amides is 1. The van der Waals surface area contributed by atoms with Gasteiger partial charge in [-0.15, -0.1) is 4.98 Å². The summed E-state index contributed by atoms with van der Waals surface area (Å²) < 4.78 is 1.84. The van der Waals surface area contributed by atoms with Crippen LogP contribution in [-0.4, -0.2) is 20.8 Å². The van der Waals surface area contributed by atoms with E-state index in [-0.39, 0.29) is 11.4 Å². The van der Waals surface area contributed by atoms with Crippen LogP contribution in [0.5, 0.6) is 0 Å². The predicted octanol–water partition coefficient (Wildman–Crippen LogP) is 3.11. The van der Waals surface area contributed by atoms with Gasteiger partial charge in [0.25, 0.3) is 11.7 Å². The predicted molar refractivity (Wildman–Crippen MR) is 80.5 cm³/mol. The van der Waals surface area contributed by atoms with Gasteiger partial charge in [-0.25, -0.2) is 0 Å². The van der Waals surface area contributed by atoms with Crippen LogP contribution in [0.15, 0.2) is 18.3 Å². The van der Waals surface area contributed by atoms with Gasteiger partial charge >= 0.3 is 0 Å².